The van der Waals surface area contributed by atoms with Crippen LogP contribution in [0, 0.1) is 0 Å². The summed E-state index contributed by atoms with van der Waals surface area (Å²) in [6, 6.07) is 0.852. The Morgan fingerprint density at radius 3 is 2.36 bits per heavy atom. The Balaban J connectivity index is 3.49. The highest BCUT2D eigenvalue weighted by atomic mass is 35.5. The van der Waals surface area contributed by atoms with E-state index in [9.17, 15) is 18.0 Å². The lowest BCUT2D eigenvalue weighted by atomic mass is 10.2. The zero-order valence-corrected chi connectivity index (χ0v) is 13.5. The second-order valence-corrected chi connectivity index (χ2v) is 6.28. The van der Waals surface area contributed by atoms with Crippen molar-refractivity contribution in [1.82, 2.24) is 4.72 Å². The normalized spacial score (nSPS) is 12.5. The van der Waals surface area contributed by atoms with E-state index >= 15 is 0 Å². The predicted molar refractivity (Wildman–Crippen MR) is 76.8 cm³/mol. The molecule has 0 aromatic heterocycles. The highest BCUT2D eigenvalue weighted by Gasteiger charge is 2.29. The number of ether oxygens (including phenoxy) is 2. The number of esters is 1. The standard InChI is InChI=1S/C12H14ClNO7S/c1-6(11(15)16)14-22(18,19)9-5-7(13)4-8(10(9)20-2)12(17)21-3/h4-6,14H,1-3H3,(H,15,16)/t6-/m0/s1. The molecule has 1 atom stereocenters. The molecule has 1 rings (SSSR count). The molecule has 0 aliphatic heterocycles. The van der Waals surface area contributed by atoms with E-state index in [4.69, 9.17) is 21.4 Å². The minimum Gasteiger partial charge on any atom is -0.494 e. The number of aliphatic carboxylic acids is 1. The van der Waals surface area contributed by atoms with Crippen LogP contribution in [0.2, 0.25) is 5.02 Å². The molecule has 8 nitrogen and oxygen atoms in total. The molecule has 0 heterocycles. The van der Waals surface area contributed by atoms with E-state index in [1.165, 1.54) is 6.07 Å². The molecule has 2 N–H and O–H groups in total. The van der Waals surface area contributed by atoms with Crippen molar-refractivity contribution >= 4 is 33.6 Å². The molecule has 0 amide bonds. The van der Waals surface area contributed by atoms with Gasteiger partial charge in [-0.2, -0.15) is 4.72 Å². The number of nitrogens with one attached hydrogen (secondary N) is 1. The molecule has 0 fully saturated rings. The summed E-state index contributed by atoms with van der Waals surface area (Å²) in [5, 5.41) is 8.74. The molecule has 0 unspecified atom stereocenters. The van der Waals surface area contributed by atoms with Crippen molar-refractivity contribution in [2.24, 2.45) is 0 Å². The summed E-state index contributed by atoms with van der Waals surface area (Å²) in [4.78, 5) is 22.0. The van der Waals surface area contributed by atoms with E-state index in [0.29, 0.717) is 0 Å². The molecule has 1 aromatic carbocycles. The van der Waals surface area contributed by atoms with E-state index in [2.05, 4.69) is 4.74 Å². The molecule has 1 aromatic rings. The minimum atomic E-state index is -4.28. The summed E-state index contributed by atoms with van der Waals surface area (Å²) in [5.74, 6) is -2.50. The zero-order chi connectivity index (χ0) is 17.1. The molecular formula is C12H14ClNO7S. The van der Waals surface area contributed by atoms with Crippen LogP contribution >= 0.6 is 11.6 Å². The van der Waals surface area contributed by atoms with Crippen LogP contribution in [0.1, 0.15) is 17.3 Å². The van der Waals surface area contributed by atoms with Gasteiger partial charge in [-0.3, -0.25) is 4.79 Å². The van der Waals surface area contributed by atoms with Crippen LogP contribution in [-0.2, 0) is 19.6 Å². The van der Waals surface area contributed by atoms with Crippen molar-refractivity contribution < 1.29 is 32.6 Å². The molecular weight excluding hydrogens is 338 g/mol. The number of rotatable bonds is 6. The maximum atomic E-state index is 12.3. The van der Waals surface area contributed by atoms with Gasteiger partial charge in [0.2, 0.25) is 10.0 Å². The van der Waals surface area contributed by atoms with Crippen molar-refractivity contribution in [1.29, 1.82) is 0 Å². The Morgan fingerprint density at radius 1 is 1.32 bits per heavy atom. The van der Waals surface area contributed by atoms with Gasteiger partial charge < -0.3 is 14.6 Å². The van der Waals surface area contributed by atoms with Crippen LogP contribution in [0.5, 0.6) is 5.75 Å². The number of hydrogen-bond acceptors (Lipinski definition) is 6. The Labute approximate surface area is 132 Å². The van der Waals surface area contributed by atoms with Crippen molar-refractivity contribution in [3.05, 3.63) is 22.7 Å². The van der Waals surface area contributed by atoms with Crippen molar-refractivity contribution in [3.8, 4) is 5.75 Å². The van der Waals surface area contributed by atoms with Crippen LogP contribution in [0.25, 0.3) is 0 Å². The second kappa shape index (κ2) is 6.95. The first-order chi connectivity index (χ1) is 10.1. The van der Waals surface area contributed by atoms with Gasteiger partial charge in [0, 0.05) is 5.02 Å². The molecule has 10 heteroatoms. The Kier molecular flexibility index (Phi) is 5.75. The van der Waals surface area contributed by atoms with E-state index in [0.717, 1.165) is 27.2 Å². The maximum Gasteiger partial charge on any atom is 0.341 e. The third-order valence-corrected chi connectivity index (χ3v) is 4.39. The number of hydrogen-bond donors (Lipinski definition) is 2. The average molecular weight is 352 g/mol. The molecule has 0 spiro atoms. The molecule has 122 valence electrons. The van der Waals surface area contributed by atoms with Crippen molar-refractivity contribution in [3.63, 3.8) is 0 Å². The molecule has 0 saturated heterocycles. The first-order valence-electron chi connectivity index (χ1n) is 5.85. The summed E-state index contributed by atoms with van der Waals surface area (Å²) in [6.45, 7) is 1.15. The summed E-state index contributed by atoms with van der Waals surface area (Å²) in [7, 11) is -2.01. The number of sulfonamides is 1. The lowest BCUT2D eigenvalue weighted by molar-refractivity contribution is -0.138. The number of halogens is 1. The van der Waals surface area contributed by atoms with Gasteiger partial charge in [-0.05, 0) is 19.1 Å². The lowest BCUT2D eigenvalue weighted by Crippen LogP contribution is -2.38. The van der Waals surface area contributed by atoms with Gasteiger partial charge >= 0.3 is 11.9 Å². The fraction of sp³-hybridized carbons (Fsp3) is 0.333. The molecule has 0 radical (unpaired) electrons. The largest absolute Gasteiger partial charge is 0.494 e. The van der Waals surface area contributed by atoms with Gasteiger partial charge in [0.15, 0.2) is 5.75 Å². The zero-order valence-electron chi connectivity index (χ0n) is 11.9. The molecule has 22 heavy (non-hydrogen) atoms. The number of carboxylic acids is 1. The van der Waals surface area contributed by atoms with Gasteiger partial charge in [-0.15, -0.1) is 0 Å². The molecule has 0 saturated carbocycles. The number of carboxylic acid groups (broad SMARTS) is 1. The fourth-order valence-corrected chi connectivity index (χ4v) is 3.28. The fourth-order valence-electron chi connectivity index (χ4n) is 1.59. The highest BCUT2D eigenvalue weighted by Crippen LogP contribution is 2.32. The maximum absolute atomic E-state index is 12.3. The number of benzene rings is 1. The Hall–Kier alpha value is -1.84. The molecule has 0 aliphatic carbocycles. The number of carbonyl (C=O) groups is 2. The third kappa shape index (κ3) is 3.87. The van der Waals surface area contributed by atoms with E-state index in [-0.39, 0.29) is 16.3 Å². The van der Waals surface area contributed by atoms with Crippen LogP contribution in [0.15, 0.2) is 17.0 Å². The third-order valence-electron chi connectivity index (χ3n) is 2.62. The van der Waals surface area contributed by atoms with E-state index in [1.807, 2.05) is 4.72 Å². The van der Waals surface area contributed by atoms with Gasteiger partial charge in [0.1, 0.15) is 16.5 Å². The van der Waals surface area contributed by atoms with Crippen molar-refractivity contribution in [2.45, 2.75) is 17.9 Å². The summed E-state index contributed by atoms with van der Waals surface area (Å²) in [5.41, 5.74) is -0.194. The Bertz CT molecular complexity index is 702. The Morgan fingerprint density at radius 2 is 1.91 bits per heavy atom. The lowest BCUT2D eigenvalue weighted by Gasteiger charge is -2.15. The van der Waals surface area contributed by atoms with Gasteiger partial charge in [-0.1, -0.05) is 11.6 Å². The number of methoxy groups -OCH3 is 2. The monoisotopic (exact) mass is 351 g/mol. The topological polar surface area (TPSA) is 119 Å². The van der Waals surface area contributed by atoms with Crippen LogP contribution in [0.4, 0.5) is 0 Å². The quantitative estimate of drug-likeness (QED) is 0.730. The van der Waals surface area contributed by atoms with E-state index in [1.54, 1.807) is 0 Å². The van der Waals surface area contributed by atoms with Crippen LogP contribution in [0.3, 0.4) is 0 Å². The predicted octanol–water partition coefficient (Wildman–Crippen LogP) is 0.887. The second-order valence-electron chi connectivity index (χ2n) is 4.16. The van der Waals surface area contributed by atoms with Crippen molar-refractivity contribution in [2.75, 3.05) is 14.2 Å². The average Bonchev–Trinajstić information content (AvgIpc) is 2.44. The SMILES string of the molecule is COC(=O)c1cc(Cl)cc(S(=O)(=O)N[C@@H](C)C(=O)O)c1OC. The van der Waals surface area contributed by atoms with Crippen LogP contribution in [-0.4, -0.2) is 45.7 Å². The minimum absolute atomic E-state index is 0.0513. The van der Waals surface area contributed by atoms with Crippen LogP contribution < -0.4 is 9.46 Å². The van der Waals surface area contributed by atoms with E-state index < -0.39 is 32.9 Å². The number of carbonyl (C=O) groups excluding carboxylic acids is 1. The van der Waals surface area contributed by atoms with Gasteiger partial charge in [0.25, 0.3) is 0 Å². The van der Waals surface area contributed by atoms with Gasteiger partial charge in [0.05, 0.1) is 14.2 Å². The summed E-state index contributed by atoms with van der Waals surface area (Å²) < 4.78 is 36.0. The summed E-state index contributed by atoms with van der Waals surface area (Å²) in [6.07, 6.45) is 0. The first-order valence-corrected chi connectivity index (χ1v) is 7.71. The first kappa shape index (κ1) is 18.2. The molecule has 0 bridgehead atoms. The molecule has 0 aliphatic rings. The summed E-state index contributed by atoms with van der Waals surface area (Å²) >= 11 is 5.81. The smallest absolute Gasteiger partial charge is 0.341 e. The highest BCUT2D eigenvalue weighted by molar-refractivity contribution is 7.89. The van der Waals surface area contributed by atoms with Gasteiger partial charge in [-0.25, -0.2) is 13.2 Å².